The third-order valence-corrected chi connectivity index (χ3v) is 4.20. The molecular weight excluding hydrogens is 268 g/mol. The molecule has 2 aromatic rings. The third kappa shape index (κ3) is 2.09. The Bertz CT molecular complexity index is 751. The highest BCUT2D eigenvalue weighted by atomic mass is 16.4. The zero-order valence-corrected chi connectivity index (χ0v) is 12.1. The highest BCUT2D eigenvalue weighted by Crippen LogP contribution is 2.48. The second-order valence-corrected chi connectivity index (χ2v) is 5.89. The Morgan fingerprint density at radius 3 is 2.52 bits per heavy atom. The molecular formula is C16H18N2O3. The Labute approximate surface area is 122 Å². The highest BCUT2D eigenvalue weighted by molar-refractivity contribution is 5.85. The van der Waals surface area contributed by atoms with Crippen molar-refractivity contribution in [3.63, 3.8) is 0 Å². The molecule has 0 spiro atoms. The van der Waals surface area contributed by atoms with E-state index < -0.39 is 11.4 Å². The molecule has 5 heteroatoms. The maximum absolute atomic E-state index is 12.3. The van der Waals surface area contributed by atoms with E-state index in [-0.39, 0.29) is 11.7 Å². The first-order chi connectivity index (χ1) is 9.95. The summed E-state index contributed by atoms with van der Waals surface area (Å²) >= 11 is 0. The fraction of sp³-hybridized carbons (Fsp3) is 0.375. The van der Waals surface area contributed by atoms with Crippen LogP contribution in [0, 0.1) is 0 Å². The van der Waals surface area contributed by atoms with Crippen LogP contribution in [0.15, 0.2) is 41.5 Å². The van der Waals surface area contributed by atoms with Gasteiger partial charge in [-0.1, -0.05) is 12.1 Å². The van der Waals surface area contributed by atoms with Crippen molar-refractivity contribution in [1.82, 2.24) is 9.13 Å². The number of rotatable bonds is 4. The second kappa shape index (κ2) is 4.62. The number of carboxylic acid groups (broad SMARTS) is 1. The molecule has 5 nitrogen and oxygen atoms in total. The molecule has 1 fully saturated rings. The van der Waals surface area contributed by atoms with E-state index in [2.05, 4.69) is 0 Å². The molecule has 1 heterocycles. The fourth-order valence-corrected chi connectivity index (χ4v) is 2.68. The van der Waals surface area contributed by atoms with Crippen LogP contribution in [0.4, 0.5) is 0 Å². The minimum atomic E-state index is -0.785. The Balaban J connectivity index is 2.05. The highest BCUT2D eigenvalue weighted by Gasteiger charge is 2.51. The third-order valence-electron chi connectivity index (χ3n) is 4.20. The Morgan fingerprint density at radius 2 is 2.00 bits per heavy atom. The monoisotopic (exact) mass is 286 g/mol. The van der Waals surface area contributed by atoms with Crippen LogP contribution in [-0.4, -0.2) is 20.2 Å². The molecule has 1 aromatic carbocycles. The van der Waals surface area contributed by atoms with E-state index in [0.29, 0.717) is 18.5 Å². The maximum Gasteiger partial charge on any atom is 0.332 e. The average Bonchev–Trinajstić information content (AvgIpc) is 3.17. The number of aliphatic carboxylic acids is 1. The topological polar surface area (TPSA) is 64.2 Å². The fourth-order valence-electron chi connectivity index (χ4n) is 2.68. The zero-order valence-electron chi connectivity index (χ0n) is 12.1. The normalized spacial score (nSPS) is 16.1. The van der Waals surface area contributed by atoms with Crippen LogP contribution in [0.5, 0.6) is 0 Å². The number of carbonyl (C=O) groups is 1. The van der Waals surface area contributed by atoms with Crippen LogP contribution < -0.4 is 5.69 Å². The van der Waals surface area contributed by atoms with Gasteiger partial charge >= 0.3 is 11.7 Å². The lowest BCUT2D eigenvalue weighted by Gasteiger charge is -2.12. The number of imidazole rings is 1. The second-order valence-electron chi connectivity index (χ2n) is 5.89. The number of hydrogen-bond donors (Lipinski definition) is 1. The van der Waals surface area contributed by atoms with Gasteiger partial charge in [-0.05, 0) is 44.4 Å². The molecule has 110 valence electrons. The zero-order chi connectivity index (χ0) is 15.2. The number of aromatic nitrogens is 2. The summed E-state index contributed by atoms with van der Waals surface area (Å²) < 4.78 is 3.21. The number of nitrogens with zero attached hydrogens (tertiary/aromatic N) is 2. The van der Waals surface area contributed by atoms with Gasteiger partial charge in [0.2, 0.25) is 0 Å². The van der Waals surface area contributed by atoms with Gasteiger partial charge < -0.3 is 5.11 Å². The van der Waals surface area contributed by atoms with E-state index in [4.69, 9.17) is 0 Å². The number of benzene rings is 1. The largest absolute Gasteiger partial charge is 0.481 e. The summed E-state index contributed by atoms with van der Waals surface area (Å²) in [5.41, 5.74) is 0.628. The molecule has 0 amide bonds. The van der Waals surface area contributed by atoms with Crippen molar-refractivity contribution < 1.29 is 9.90 Å². The molecule has 1 aliphatic rings. The van der Waals surface area contributed by atoms with Gasteiger partial charge in [-0.2, -0.15) is 0 Å². The standard InChI is InChI=1S/C16H18N2O3/c1-11(2)17-8-9-18(15(17)21)13-5-3-4-12(10-13)16(6-7-16)14(19)20/h3-5,8-11H,6-7H2,1-2H3,(H,19,20). The Morgan fingerprint density at radius 1 is 1.29 bits per heavy atom. The molecule has 1 N–H and O–H groups in total. The first-order valence-electron chi connectivity index (χ1n) is 7.09. The summed E-state index contributed by atoms with van der Waals surface area (Å²) in [5.74, 6) is -0.785. The molecule has 0 unspecified atom stereocenters. The van der Waals surface area contributed by atoms with Crippen molar-refractivity contribution in [2.75, 3.05) is 0 Å². The summed E-state index contributed by atoms with van der Waals surface area (Å²) in [6.07, 6.45) is 4.80. The predicted octanol–water partition coefficient (Wildman–Crippen LogP) is 2.34. The van der Waals surface area contributed by atoms with Crippen molar-refractivity contribution in [2.24, 2.45) is 0 Å². The van der Waals surface area contributed by atoms with Crippen LogP contribution in [0.2, 0.25) is 0 Å². The molecule has 0 aliphatic heterocycles. The van der Waals surface area contributed by atoms with Crippen LogP contribution in [-0.2, 0) is 10.2 Å². The number of hydrogen-bond acceptors (Lipinski definition) is 2. The first kappa shape index (κ1) is 13.7. The van der Waals surface area contributed by atoms with Gasteiger partial charge in [0.15, 0.2) is 0 Å². The van der Waals surface area contributed by atoms with Gasteiger partial charge in [0, 0.05) is 18.4 Å². The molecule has 3 rings (SSSR count). The summed E-state index contributed by atoms with van der Waals surface area (Å²) in [4.78, 5) is 23.8. The van der Waals surface area contributed by atoms with E-state index in [9.17, 15) is 14.7 Å². The molecule has 0 atom stereocenters. The number of carboxylic acids is 1. The lowest BCUT2D eigenvalue weighted by atomic mass is 9.96. The molecule has 1 aliphatic carbocycles. The van der Waals surface area contributed by atoms with Crippen LogP contribution >= 0.6 is 0 Å². The lowest BCUT2D eigenvalue weighted by Crippen LogP contribution is -2.25. The van der Waals surface area contributed by atoms with Gasteiger partial charge in [0.25, 0.3) is 0 Å². The molecule has 0 saturated heterocycles. The van der Waals surface area contributed by atoms with Gasteiger partial charge in [-0.25, -0.2) is 4.79 Å². The minimum Gasteiger partial charge on any atom is -0.481 e. The van der Waals surface area contributed by atoms with Gasteiger partial charge in [-0.3, -0.25) is 13.9 Å². The van der Waals surface area contributed by atoms with Crippen molar-refractivity contribution in [1.29, 1.82) is 0 Å². The maximum atomic E-state index is 12.3. The summed E-state index contributed by atoms with van der Waals surface area (Å²) in [6.45, 7) is 3.90. The molecule has 0 bridgehead atoms. The van der Waals surface area contributed by atoms with Crippen molar-refractivity contribution in [3.8, 4) is 5.69 Å². The quantitative estimate of drug-likeness (QED) is 0.938. The Kier molecular flexibility index (Phi) is 3.01. The van der Waals surface area contributed by atoms with Crippen LogP contribution in [0.25, 0.3) is 5.69 Å². The molecule has 1 saturated carbocycles. The van der Waals surface area contributed by atoms with Crippen molar-refractivity contribution in [3.05, 3.63) is 52.7 Å². The van der Waals surface area contributed by atoms with Crippen molar-refractivity contribution >= 4 is 5.97 Å². The Hall–Kier alpha value is -2.30. The van der Waals surface area contributed by atoms with E-state index in [0.717, 1.165) is 5.56 Å². The average molecular weight is 286 g/mol. The smallest absolute Gasteiger partial charge is 0.332 e. The summed E-state index contributed by atoms with van der Waals surface area (Å²) in [5, 5.41) is 9.38. The SMILES string of the molecule is CC(C)n1ccn(-c2cccc(C3(C(=O)O)CC3)c2)c1=O. The summed E-state index contributed by atoms with van der Waals surface area (Å²) in [7, 11) is 0. The van der Waals surface area contributed by atoms with Gasteiger partial charge in [-0.15, -0.1) is 0 Å². The minimum absolute atomic E-state index is 0.0933. The van der Waals surface area contributed by atoms with Gasteiger partial charge in [0.1, 0.15) is 0 Å². The van der Waals surface area contributed by atoms with Crippen LogP contribution in [0.1, 0.15) is 38.3 Å². The molecule has 1 aromatic heterocycles. The molecule has 21 heavy (non-hydrogen) atoms. The van der Waals surface area contributed by atoms with Gasteiger partial charge in [0.05, 0.1) is 11.1 Å². The van der Waals surface area contributed by atoms with Crippen molar-refractivity contribution in [2.45, 2.75) is 38.1 Å². The lowest BCUT2D eigenvalue weighted by molar-refractivity contribution is -0.140. The first-order valence-corrected chi connectivity index (χ1v) is 7.09. The molecule has 0 radical (unpaired) electrons. The van der Waals surface area contributed by atoms with E-state index in [1.807, 2.05) is 38.1 Å². The van der Waals surface area contributed by atoms with E-state index in [1.54, 1.807) is 21.5 Å². The van der Waals surface area contributed by atoms with E-state index >= 15 is 0 Å². The predicted molar refractivity (Wildman–Crippen MR) is 79.0 cm³/mol. The van der Waals surface area contributed by atoms with E-state index in [1.165, 1.54) is 0 Å². The van der Waals surface area contributed by atoms with Crippen LogP contribution in [0.3, 0.4) is 0 Å². The summed E-state index contributed by atoms with van der Waals surface area (Å²) in [6, 6.07) is 7.37.